The van der Waals surface area contributed by atoms with Crippen molar-refractivity contribution in [2.75, 3.05) is 18.0 Å². The van der Waals surface area contributed by atoms with Crippen molar-refractivity contribution in [2.24, 2.45) is 5.92 Å². The van der Waals surface area contributed by atoms with Gasteiger partial charge in [-0.05, 0) is 30.9 Å². The number of benzene rings is 1. The maximum atomic E-state index is 13.4. The quantitative estimate of drug-likeness (QED) is 0.662. The lowest BCUT2D eigenvalue weighted by molar-refractivity contribution is 0.434. The zero-order valence-electron chi connectivity index (χ0n) is 8.54. The second-order valence-corrected chi connectivity index (χ2v) is 4.12. The summed E-state index contributed by atoms with van der Waals surface area (Å²) in [4.78, 5) is 2.15. The zero-order chi connectivity index (χ0) is 9.97. The van der Waals surface area contributed by atoms with Gasteiger partial charge in [0.15, 0.2) is 0 Å². The van der Waals surface area contributed by atoms with Gasteiger partial charge in [0.25, 0.3) is 0 Å². The zero-order valence-corrected chi connectivity index (χ0v) is 8.54. The van der Waals surface area contributed by atoms with Gasteiger partial charge in [0.2, 0.25) is 0 Å². The first-order valence-corrected chi connectivity index (χ1v) is 5.27. The first-order valence-electron chi connectivity index (χ1n) is 5.27. The summed E-state index contributed by atoms with van der Waals surface area (Å²) < 4.78 is 13.4. The highest BCUT2D eigenvalue weighted by Gasteiger charge is 2.17. The van der Waals surface area contributed by atoms with Crippen molar-refractivity contribution in [1.82, 2.24) is 0 Å². The lowest BCUT2D eigenvalue weighted by atomic mass is 9.99. The molecule has 1 aromatic rings. The van der Waals surface area contributed by atoms with Gasteiger partial charge < -0.3 is 4.90 Å². The van der Waals surface area contributed by atoms with Gasteiger partial charge in [0, 0.05) is 13.1 Å². The Hall–Kier alpha value is -1.05. The monoisotopic (exact) mass is 193 g/mol. The molecule has 14 heavy (non-hydrogen) atoms. The Labute approximate surface area is 84.5 Å². The number of halogens is 1. The van der Waals surface area contributed by atoms with Gasteiger partial charge in [0.1, 0.15) is 5.82 Å². The molecule has 0 aliphatic carbocycles. The van der Waals surface area contributed by atoms with Crippen molar-refractivity contribution in [3.8, 4) is 0 Å². The molecule has 0 saturated carbocycles. The smallest absolute Gasteiger partial charge is 0.146 e. The van der Waals surface area contributed by atoms with E-state index in [0.29, 0.717) is 0 Å². The maximum absolute atomic E-state index is 13.4. The molecule has 1 aliphatic heterocycles. The maximum Gasteiger partial charge on any atom is 0.146 e. The average molecular weight is 193 g/mol. The highest BCUT2D eigenvalue weighted by molar-refractivity contribution is 5.47. The van der Waals surface area contributed by atoms with Crippen LogP contribution in [0.2, 0.25) is 0 Å². The van der Waals surface area contributed by atoms with Gasteiger partial charge in [-0.25, -0.2) is 4.39 Å². The fraction of sp³-hybridized carbons (Fsp3) is 0.500. The highest BCUT2D eigenvalue weighted by atomic mass is 19.1. The van der Waals surface area contributed by atoms with E-state index in [-0.39, 0.29) is 5.82 Å². The molecule has 2 heteroatoms. The molecule has 0 spiro atoms. The van der Waals surface area contributed by atoms with E-state index in [1.807, 2.05) is 12.1 Å². The predicted molar refractivity (Wildman–Crippen MR) is 57.0 cm³/mol. The number of piperidine rings is 1. The van der Waals surface area contributed by atoms with Crippen LogP contribution in [0.5, 0.6) is 0 Å². The molecule has 1 aromatic carbocycles. The molecule has 1 nitrogen and oxygen atoms in total. The van der Waals surface area contributed by atoms with E-state index < -0.39 is 0 Å². The van der Waals surface area contributed by atoms with E-state index in [2.05, 4.69) is 11.8 Å². The second-order valence-electron chi connectivity index (χ2n) is 4.12. The number of hydrogen-bond donors (Lipinski definition) is 0. The van der Waals surface area contributed by atoms with Gasteiger partial charge in [-0.3, -0.25) is 0 Å². The van der Waals surface area contributed by atoms with Crippen molar-refractivity contribution in [1.29, 1.82) is 0 Å². The number of nitrogens with zero attached hydrogens (tertiary/aromatic N) is 1. The Balaban J connectivity index is 2.12. The fourth-order valence-electron chi connectivity index (χ4n) is 1.96. The van der Waals surface area contributed by atoms with Gasteiger partial charge >= 0.3 is 0 Å². The summed E-state index contributed by atoms with van der Waals surface area (Å²) in [6, 6.07) is 7.04. The Kier molecular flexibility index (Phi) is 2.71. The van der Waals surface area contributed by atoms with Crippen LogP contribution in [0.25, 0.3) is 0 Å². The highest BCUT2D eigenvalue weighted by Crippen LogP contribution is 2.24. The normalized spacial score (nSPS) is 18.6. The third-order valence-corrected chi connectivity index (χ3v) is 2.98. The molecule has 1 saturated heterocycles. The lowest BCUT2D eigenvalue weighted by Gasteiger charge is -2.32. The van der Waals surface area contributed by atoms with Gasteiger partial charge in [-0.2, -0.15) is 0 Å². The summed E-state index contributed by atoms with van der Waals surface area (Å²) in [6.07, 6.45) is 2.35. The van der Waals surface area contributed by atoms with Crippen molar-refractivity contribution in [3.63, 3.8) is 0 Å². The van der Waals surface area contributed by atoms with Gasteiger partial charge in [-0.1, -0.05) is 19.1 Å². The number of rotatable bonds is 1. The second kappa shape index (κ2) is 3.99. The summed E-state index contributed by atoms with van der Waals surface area (Å²) in [7, 11) is 0. The average Bonchev–Trinajstić information content (AvgIpc) is 2.20. The van der Waals surface area contributed by atoms with Crippen molar-refractivity contribution in [3.05, 3.63) is 30.1 Å². The van der Waals surface area contributed by atoms with Gasteiger partial charge in [0.05, 0.1) is 5.69 Å². The molecule has 1 fully saturated rings. The van der Waals surface area contributed by atoms with Crippen LogP contribution in [0.3, 0.4) is 0 Å². The molecule has 0 radical (unpaired) electrons. The van der Waals surface area contributed by atoms with E-state index >= 15 is 0 Å². The van der Waals surface area contributed by atoms with Gasteiger partial charge in [-0.15, -0.1) is 0 Å². The summed E-state index contributed by atoms with van der Waals surface area (Å²) >= 11 is 0. The van der Waals surface area contributed by atoms with E-state index in [9.17, 15) is 4.39 Å². The molecule has 0 unspecified atom stereocenters. The molecule has 0 atom stereocenters. The van der Waals surface area contributed by atoms with Crippen LogP contribution in [0.4, 0.5) is 10.1 Å². The molecule has 0 aromatic heterocycles. The molecule has 0 N–H and O–H groups in total. The minimum Gasteiger partial charge on any atom is -0.369 e. The Bertz CT molecular complexity index is 303. The molecule has 1 heterocycles. The fourth-order valence-corrected chi connectivity index (χ4v) is 1.96. The van der Waals surface area contributed by atoms with Crippen molar-refractivity contribution in [2.45, 2.75) is 19.8 Å². The number of anilines is 1. The third-order valence-electron chi connectivity index (χ3n) is 2.98. The Morgan fingerprint density at radius 1 is 1.21 bits per heavy atom. The van der Waals surface area contributed by atoms with Crippen LogP contribution in [0, 0.1) is 11.7 Å². The van der Waals surface area contributed by atoms with Crippen LogP contribution >= 0.6 is 0 Å². The Morgan fingerprint density at radius 3 is 2.50 bits per heavy atom. The van der Waals surface area contributed by atoms with E-state index in [1.54, 1.807) is 6.07 Å². The summed E-state index contributed by atoms with van der Waals surface area (Å²) in [5, 5.41) is 0. The topological polar surface area (TPSA) is 3.24 Å². The molecule has 0 amide bonds. The molecule has 76 valence electrons. The number of para-hydroxylation sites is 1. The standard InChI is InChI=1S/C12H16FN/c1-10-6-8-14(9-7-10)12-5-3-2-4-11(12)13/h2-5,10H,6-9H2,1H3. The van der Waals surface area contributed by atoms with Crippen LogP contribution in [-0.4, -0.2) is 13.1 Å². The minimum absolute atomic E-state index is 0.0953. The van der Waals surface area contributed by atoms with E-state index in [1.165, 1.54) is 18.9 Å². The molecule has 2 rings (SSSR count). The lowest BCUT2D eigenvalue weighted by Crippen LogP contribution is -2.33. The predicted octanol–water partition coefficient (Wildman–Crippen LogP) is 3.06. The van der Waals surface area contributed by atoms with Crippen LogP contribution in [0.15, 0.2) is 24.3 Å². The summed E-state index contributed by atoms with van der Waals surface area (Å²) in [6.45, 7) is 4.24. The Morgan fingerprint density at radius 2 is 1.86 bits per heavy atom. The first kappa shape index (κ1) is 9.50. The van der Waals surface area contributed by atoms with Crippen molar-refractivity contribution < 1.29 is 4.39 Å². The molecular formula is C12H16FN. The minimum atomic E-state index is -0.0953. The van der Waals surface area contributed by atoms with Crippen LogP contribution in [0.1, 0.15) is 19.8 Å². The summed E-state index contributed by atoms with van der Waals surface area (Å²) in [5.41, 5.74) is 0.763. The SMILES string of the molecule is CC1CCN(c2ccccc2F)CC1. The van der Waals surface area contributed by atoms with Crippen LogP contribution in [-0.2, 0) is 0 Å². The summed E-state index contributed by atoms with van der Waals surface area (Å²) in [5.74, 6) is 0.695. The largest absolute Gasteiger partial charge is 0.369 e. The van der Waals surface area contributed by atoms with E-state index in [0.717, 1.165) is 24.7 Å². The third kappa shape index (κ3) is 1.89. The van der Waals surface area contributed by atoms with E-state index in [4.69, 9.17) is 0 Å². The molecule has 1 aliphatic rings. The molecular weight excluding hydrogens is 177 g/mol. The molecule has 0 bridgehead atoms. The van der Waals surface area contributed by atoms with Crippen LogP contribution < -0.4 is 4.90 Å². The van der Waals surface area contributed by atoms with Crippen molar-refractivity contribution >= 4 is 5.69 Å². The first-order chi connectivity index (χ1) is 6.77. The number of hydrogen-bond acceptors (Lipinski definition) is 1.